The molecule has 119 heavy (non-hydrogen) atoms. The van der Waals surface area contributed by atoms with E-state index in [-0.39, 0.29) is 75.1 Å². The second kappa shape index (κ2) is 52.6. The molecule has 0 unspecified atom stereocenters. The fourth-order valence-corrected chi connectivity index (χ4v) is 11.3. The van der Waals surface area contributed by atoms with Crippen LogP contribution in [-0.2, 0) is 5.41 Å². The van der Waals surface area contributed by atoms with Crippen LogP contribution in [0.25, 0.3) is 21.5 Å². The van der Waals surface area contributed by atoms with Gasteiger partial charge in [0.15, 0.2) is 0 Å². The Bertz CT molecular complexity index is 4680. The third-order valence-electron chi connectivity index (χ3n) is 17.4. The molecule has 0 amide bonds. The van der Waals surface area contributed by atoms with Crippen molar-refractivity contribution in [1.29, 1.82) is 0 Å². The first kappa shape index (κ1) is 97.5. The summed E-state index contributed by atoms with van der Waals surface area (Å²) in [4.78, 5) is 0. The van der Waals surface area contributed by atoms with Gasteiger partial charge >= 0.3 is 0 Å². The number of hydrogen-bond acceptors (Lipinski definition) is 16. The molecule has 622 valence electrons. The maximum absolute atomic E-state index is 9.79. The van der Waals surface area contributed by atoms with Gasteiger partial charge in [-0.3, -0.25) is 0 Å². The minimum Gasteiger partial charge on any atom is -0.508 e. The first-order chi connectivity index (χ1) is 57.1. The molecule has 0 spiro atoms. The number of fused-ring (bicyclic) bond motifs is 2. The van der Waals surface area contributed by atoms with Crippen LogP contribution < -0.4 is 0 Å². The highest BCUT2D eigenvalue weighted by molar-refractivity contribution is 7.79. The number of hydrogen-bond donors (Lipinski definition) is 16. The van der Waals surface area contributed by atoms with Gasteiger partial charge in [-0.1, -0.05) is 243 Å². The Hall–Kier alpha value is -13.8. The number of phenols is 15. The third-order valence-corrected chi connectivity index (χ3v) is 17.4. The van der Waals surface area contributed by atoms with Gasteiger partial charge in [0, 0.05) is 17.3 Å². The van der Waals surface area contributed by atoms with Crippen molar-refractivity contribution in [2.24, 2.45) is 0 Å². The molecule has 0 heterocycles. The molecule has 0 aliphatic heterocycles. The molecule has 0 bridgehead atoms. The van der Waals surface area contributed by atoms with Crippen molar-refractivity contribution in [1.82, 2.24) is 0 Å². The molecule has 0 aliphatic carbocycles. The number of thiol groups is 1. The number of aryl methyl sites for hydroxylation is 3. The Kier molecular flexibility index (Phi) is 43.1. The quantitative estimate of drug-likeness (QED) is 0.0497. The highest BCUT2D eigenvalue weighted by Crippen LogP contribution is 2.45. The smallest absolute Gasteiger partial charge is 0.118 e. The van der Waals surface area contributed by atoms with Crippen LogP contribution in [0, 0.1) is 20.8 Å². The van der Waals surface area contributed by atoms with E-state index in [0.717, 1.165) is 77.2 Å². The lowest BCUT2D eigenvalue weighted by Gasteiger charge is -2.32. The zero-order chi connectivity index (χ0) is 87.8. The van der Waals surface area contributed by atoms with Crippen molar-refractivity contribution in [3.8, 4) is 86.2 Å². The van der Waals surface area contributed by atoms with Crippen molar-refractivity contribution in [3.63, 3.8) is 0 Å². The number of para-hydroxylation sites is 4. The van der Waals surface area contributed by atoms with Crippen molar-refractivity contribution in [3.05, 3.63) is 401 Å². The molecule has 15 N–H and O–H groups in total. The van der Waals surface area contributed by atoms with Crippen LogP contribution in [-0.4, -0.2) is 82.9 Å². The zero-order valence-corrected chi connectivity index (χ0v) is 70.2. The predicted octanol–water partition coefficient (Wildman–Crippen LogP) is 25.4. The average Bonchev–Trinajstić information content (AvgIpc) is 0.765. The monoisotopic (exact) mass is 1620 g/mol. The molecule has 15 aromatic rings. The molecular formula is C103H114O15S. The lowest BCUT2D eigenvalue weighted by molar-refractivity contribution is 0.470. The number of aromatic hydroxyl groups is 15. The van der Waals surface area contributed by atoms with Gasteiger partial charge in [-0.25, -0.2) is 0 Å². The summed E-state index contributed by atoms with van der Waals surface area (Å²) in [7, 11) is 0. The van der Waals surface area contributed by atoms with E-state index < -0.39 is 5.41 Å². The Morgan fingerprint density at radius 2 is 0.378 bits per heavy atom. The highest BCUT2D eigenvalue weighted by atomic mass is 32.1. The van der Waals surface area contributed by atoms with Gasteiger partial charge in [0.05, 0.1) is 0 Å². The minimum atomic E-state index is -0.477. The fourth-order valence-electron chi connectivity index (χ4n) is 11.3. The molecular weight excluding hydrogens is 1510 g/mol. The maximum Gasteiger partial charge on any atom is 0.118 e. The first-order valence-corrected chi connectivity index (χ1v) is 39.8. The molecule has 16 heteroatoms. The molecule has 0 atom stereocenters. The van der Waals surface area contributed by atoms with Crippen LogP contribution in [0.4, 0.5) is 0 Å². The lowest BCUT2D eigenvalue weighted by Crippen LogP contribution is -2.25. The molecule has 15 aromatic carbocycles. The lowest BCUT2D eigenvalue weighted by atomic mass is 9.71. The van der Waals surface area contributed by atoms with E-state index in [1.54, 1.807) is 182 Å². The molecule has 0 aromatic heterocycles. The van der Waals surface area contributed by atoms with E-state index >= 15 is 0 Å². The van der Waals surface area contributed by atoms with Crippen LogP contribution >= 0.6 is 12.6 Å². The van der Waals surface area contributed by atoms with E-state index in [0.29, 0.717) is 23.0 Å². The molecule has 15 rings (SSSR count). The van der Waals surface area contributed by atoms with Gasteiger partial charge in [0.2, 0.25) is 0 Å². The molecule has 0 aliphatic rings. The highest BCUT2D eigenvalue weighted by Gasteiger charge is 2.32. The third kappa shape index (κ3) is 33.9. The van der Waals surface area contributed by atoms with Crippen molar-refractivity contribution < 1.29 is 76.6 Å². The fraction of sp³-hybridized carbons (Fsp3) is 0.165. The van der Waals surface area contributed by atoms with Gasteiger partial charge in [-0.15, -0.1) is 0 Å². The van der Waals surface area contributed by atoms with Crippen molar-refractivity contribution in [2.45, 2.75) is 106 Å². The van der Waals surface area contributed by atoms with E-state index in [2.05, 4.69) is 61.1 Å². The standard InChI is InChI=1S/C26H22O4.C20H18O3.2C10H8O2.3C7H8O.C6H6O.3C3H8.CH4S/c27-21-9-1-17(2-10-21)25(18-3-11-22(28)12-4-18)26(19-5-13-23(29)14-6-19)20-7-15-24(30)16-8-20;1-20(14-2-8-17(21)9-3-14,15-4-10-18(22)11-5-15)16-6-12-19(23)13-7-16;2*11-9-3-1-7-2-4-10(12)6-8(7)5-9;3*1-6-4-2-3-5-7(6)8;7-6-4-2-1-3-5-6;3*1-3-2;1-2/h1-16,25-30H;2-13,21-23H,1H3;2*1-6,11-12H;3*2-5,8H,1H3;1-5,7H;3*3H2,1-2H3;2H,1H3. The maximum atomic E-state index is 9.79. The van der Waals surface area contributed by atoms with Gasteiger partial charge in [-0.2, -0.15) is 12.6 Å². The Labute approximate surface area is 706 Å². The van der Waals surface area contributed by atoms with E-state index in [1.165, 1.54) is 19.3 Å². The summed E-state index contributed by atoms with van der Waals surface area (Å²) in [5, 5.41) is 144. The molecule has 0 radical (unpaired) electrons. The predicted molar refractivity (Wildman–Crippen MR) is 490 cm³/mol. The van der Waals surface area contributed by atoms with Gasteiger partial charge in [0.1, 0.15) is 86.2 Å². The summed E-state index contributed by atoms with van der Waals surface area (Å²) in [6, 6.07) is 100. The number of phenolic OH excluding ortho intramolecular Hbond substituents is 15. The topological polar surface area (TPSA) is 303 Å². The summed E-state index contributed by atoms with van der Waals surface area (Å²) in [6.07, 6.45) is 5.44. The van der Waals surface area contributed by atoms with Crippen LogP contribution in [0.2, 0.25) is 0 Å². The summed E-state index contributed by atoms with van der Waals surface area (Å²) >= 11 is 3.53. The zero-order valence-electron chi connectivity index (χ0n) is 69.3. The van der Waals surface area contributed by atoms with Crippen LogP contribution in [0.3, 0.4) is 0 Å². The average molecular weight is 1620 g/mol. The van der Waals surface area contributed by atoms with Gasteiger partial charge in [0.25, 0.3) is 0 Å². The summed E-state index contributed by atoms with van der Waals surface area (Å²) in [5.74, 6) is 3.41. The molecule has 0 saturated carbocycles. The van der Waals surface area contributed by atoms with Gasteiger partial charge < -0.3 is 76.6 Å². The number of benzene rings is 15. The van der Waals surface area contributed by atoms with E-state index in [9.17, 15) is 35.7 Å². The second-order valence-corrected chi connectivity index (χ2v) is 27.3. The number of rotatable bonds is 8. The SMILES string of the molecule is CC(c1ccc(O)cc1)(c1ccc(O)cc1)c1ccc(O)cc1.CCC.CCC.CCC.CS.Cc1ccccc1O.Cc1ccccc1O.Cc1ccccc1O.Oc1ccc(C(c2ccc(O)cc2)C(c2ccc(O)cc2)c2ccc(O)cc2)cc1.Oc1ccc2ccc(O)cc2c1.Oc1ccc2ccc(O)cc2c1.Oc1ccccc1. The van der Waals surface area contributed by atoms with Crippen LogP contribution in [0.1, 0.15) is 135 Å². The largest absolute Gasteiger partial charge is 0.508 e. The first-order valence-electron chi connectivity index (χ1n) is 38.9. The van der Waals surface area contributed by atoms with Gasteiger partial charge in [-0.05, 0) is 275 Å². The Morgan fingerprint density at radius 1 is 0.210 bits per heavy atom. The summed E-state index contributed by atoms with van der Waals surface area (Å²) in [6.45, 7) is 20.4. The normalized spacial score (nSPS) is 9.93. The van der Waals surface area contributed by atoms with Crippen molar-refractivity contribution >= 4 is 34.2 Å². The Morgan fingerprint density at radius 3 is 0.546 bits per heavy atom. The second-order valence-electron chi connectivity index (χ2n) is 27.3. The van der Waals surface area contributed by atoms with Crippen LogP contribution in [0.15, 0.2) is 346 Å². The van der Waals surface area contributed by atoms with E-state index in [1.807, 2.05) is 191 Å². The summed E-state index contributed by atoms with van der Waals surface area (Å²) in [5.41, 5.74) is 9.27. The van der Waals surface area contributed by atoms with E-state index in [4.69, 9.17) is 40.9 Å². The van der Waals surface area contributed by atoms with Crippen molar-refractivity contribution in [2.75, 3.05) is 6.26 Å². The minimum absolute atomic E-state index is 0.139. The summed E-state index contributed by atoms with van der Waals surface area (Å²) < 4.78 is 0. The van der Waals surface area contributed by atoms with Crippen LogP contribution in [0.5, 0.6) is 86.2 Å². The molecule has 0 saturated heterocycles. The Balaban J connectivity index is 0.000000296. The molecule has 0 fully saturated rings. The molecule has 15 nitrogen and oxygen atoms in total.